The normalized spacial score (nSPS) is 17.5. The lowest BCUT2D eigenvalue weighted by Crippen LogP contribution is -2.45. The molecule has 0 radical (unpaired) electrons. The van der Waals surface area contributed by atoms with Gasteiger partial charge in [0.15, 0.2) is 0 Å². The van der Waals surface area contributed by atoms with Crippen molar-refractivity contribution in [2.75, 3.05) is 13.2 Å². The van der Waals surface area contributed by atoms with Gasteiger partial charge in [0.05, 0.1) is 12.1 Å². The number of benzene rings is 1. The van der Waals surface area contributed by atoms with Gasteiger partial charge >= 0.3 is 0 Å². The molecule has 4 N–H and O–H groups in total. The monoisotopic (exact) mass is 276 g/mol. The number of nitrogens with two attached hydrogens (primary N) is 1. The molecule has 0 aliphatic heterocycles. The molecule has 1 aromatic rings. The Kier molecular flexibility index (Phi) is 5.59. The third-order valence-corrected chi connectivity index (χ3v) is 3.41. The molecule has 0 aromatic heterocycles. The van der Waals surface area contributed by atoms with E-state index in [2.05, 4.69) is 11.9 Å². The van der Waals surface area contributed by atoms with Gasteiger partial charge in [0.1, 0.15) is 12.4 Å². The molecule has 1 saturated carbocycles. The molecule has 20 heavy (non-hydrogen) atoms. The van der Waals surface area contributed by atoms with Gasteiger partial charge in [-0.15, -0.1) is 6.58 Å². The minimum absolute atomic E-state index is 0.311. The largest absolute Gasteiger partial charge is 0.492 e. The topological polar surface area (TPSA) is 67.5 Å². The Morgan fingerprint density at radius 2 is 2.30 bits per heavy atom. The first kappa shape index (κ1) is 15.0. The highest BCUT2D eigenvalue weighted by molar-refractivity contribution is 5.29. The molecule has 0 heterocycles. The van der Waals surface area contributed by atoms with E-state index in [4.69, 9.17) is 10.5 Å². The highest BCUT2D eigenvalue weighted by Crippen LogP contribution is 2.18. The number of hydrogen-bond donors (Lipinski definition) is 3. The van der Waals surface area contributed by atoms with Crippen LogP contribution in [-0.2, 0) is 6.42 Å². The second-order valence-corrected chi connectivity index (χ2v) is 5.36. The predicted octanol–water partition coefficient (Wildman–Crippen LogP) is 1.23. The van der Waals surface area contributed by atoms with Crippen LogP contribution in [0.5, 0.6) is 5.75 Å². The second-order valence-electron chi connectivity index (χ2n) is 5.36. The van der Waals surface area contributed by atoms with Crippen LogP contribution >= 0.6 is 0 Å². The number of aliphatic hydroxyl groups is 1. The summed E-state index contributed by atoms with van der Waals surface area (Å²) < 4.78 is 5.65. The Labute approximate surface area is 120 Å². The number of ether oxygens (including phenoxy) is 1. The van der Waals surface area contributed by atoms with E-state index in [1.54, 1.807) is 0 Å². The molecule has 1 fully saturated rings. The zero-order chi connectivity index (χ0) is 14.4. The lowest BCUT2D eigenvalue weighted by atomic mass is 10.1. The van der Waals surface area contributed by atoms with Crippen LogP contribution in [0.15, 0.2) is 36.9 Å². The van der Waals surface area contributed by atoms with Gasteiger partial charge in [0, 0.05) is 12.6 Å². The van der Waals surface area contributed by atoms with E-state index in [0.29, 0.717) is 19.2 Å². The number of aliphatic hydroxyl groups excluding tert-OH is 1. The second kappa shape index (κ2) is 7.43. The Bertz CT molecular complexity index is 432. The summed E-state index contributed by atoms with van der Waals surface area (Å²) in [6.45, 7) is 4.57. The first-order valence-corrected chi connectivity index (χ1v) is 7.18. The highest BCUT2D eigenvalue weighted by atomic mass is 16.5. The summed E-state index contributed by atoms with van der Waals surface area (Å²) in [6.07, 6.45) is 4.50. The molecule has 2 atom stereocenters. The van der Waals surface area contributed by atoms with Gasteiger partial charge in [0.2, 0.25) is 0 Å². The molecule has 2 rings (SSSR count). The molecule has 4 nitrogen and oxygen atoms in total. The van der Waals surface area contributed by atoms with Gasteiger partial charge in [-0.25, -0.2) is 0 Å². The van der Waals surface area contributed by atoms with Crippen LogP contribution in [0.25, 0.3) is 0 Å². The minimum Gasteiger partial charge on any atom is -0.492 e. The third-order valence-electron chi connectivity index (χ3n) is 3.41. The fraction of sp³-hybridized carbons (Fsp3) is 0.500. The van der Waals surface area contributed by atoms with E-state index in [0.717, 1.165) is 17.7 Å². The zero-order valence-electron chi connectivity index (χ0n) is 11.8. The minimum atomic E-state index is -0.577. The van der Waals surface area contributed by atoms with Crippen molar-refractivity contribution in [2.45, 2.75) is 37.5 Å². The maximum atomic E-state index is 9.93. The summed E-state index contributed by atoms with van der Waals surface area (Å²) in [5.74, 6) is 0.780. The molecule has 0 bridgehead atoms. The fourth-order valence-electron chi connectivity index (χ4n) is 1.96. The van der Waals surface area contributed by atoms with Crippen LogP contribution in [0.1, 0.15) is 18.4 Å². The van der Waals surface area contributed by atoms with Crippen LogP contribution in [0, 0.1) is 0 Å². The summed E-state index contributed by atoms with van der Waals surface area (Å²) >= 11 is 0. The van der Waals surface area contributed by atoms with E-state index >= 15 is 0 Å². The Morgan fingerprint density at radius 3 is 3.00 bits per heavy atom. The quantitative estimate of drug-likeness (QED) is 0.594. The average molecular weight is 276 g/mol. The summed E-state index contributed by atoms with van der Waals surface area (Å²) in [7, 11) is 0. The molecule has 0 saturated heterocycles. The van der Waals surface area contributed by atoms with E-state index in [1.807, 2.05) is 30.3 Å². The van der Waals surface area contributed by atoms with Gasteiger partial charge in [0.25, 0.3) is 0 Å². The molecule has 110 valence electrons. The summed E-state index contributed by atoms with van der Waals surface area (Å²) in [4.78, 5) is 0. The molecule has 0 amide bonds. The van der Waals surface area contributed by atoms with E-state index in [1.165, 1.54) is 12.8 Å². The lowest BCUT2D eigenvalue weighted by molar-refractivity contribution is 0.114. The molecule has 0 unspecified atom stereocenters. The van der Waals surface area contributed by atoms with Crippen LogP contribution in [0.3, 0.4) is 0 Å². The van der Waals surface area contributed by atoms with Crippen LogP contribution < -0.4 is 15.8 Å². The predicted molar refractivity (Wildman–Crippen MR) is 80.8 cm³/mol. The Morgan fingerprint density at radius 1 is 1.50 bits per heavy atom. The maximum absolute atomic E-state index is 9.93. The van der Waals surface area contributed by atoms with Gasteiger partial charge in [-0.05, 0) is 37.0 Å². The maximum Gasteiger partial charge on any atom is 0.119 e. The van der Waals surface area contributed by atoms with Crippen molar-refractivity contribution in [1.82, 2.24) is 5.32 Å². The standard InChI is InChI=1S/C16H24N2O2/c1-2-4-12-5-3-6-14(9-12)20-11-15(17)16(19)10-18-13-7-8-13/h2-3,5-6,9,13,15-16,18-19H,1,4,7-8,10-11,17H2/t15-,16+/m0/s1. The summed E-state index contributed by atoms with van der Waals surface area (Å²) in [5, 5.41) is 13.2. The van der Waals surface area contributed by atoms with E-state index in [9.17, 15) is 5.11 Å². The Balaban J connectivity index is 1.74. The summed E-state index contributed by atoms with van der Waals surface area (Å²) in [5.41, 5.74) is 7.09. The lowest BCUT2D eigenvalue weighted by Gasteiger charge is -2.20. The smallest absolute Gasteiger partial charge is 0.119 e. The van der Waals surface area contributed by atoms with E-state index < -0.39 is 6.10 Å². The average Bonchev–Trinajstić information content (AvgIpc) is 3.27. The Hall–Kier alpha value is -1.36. The number of hydrogen-bond acceptors (Lipinski definition) is 4. The SMILES string of the molecule is C=CCc1cccc(OC[C@H](N)[C@H](O)CNC2CC2)c1. The number of rotatable bonds is 9. The molecular formula is C16H24N2O2. The van der Waals surface area contributed by atoms with Gasteiger partial charge in [-0.3, -0.25) is 0 Å². The molecule has 0 spiro atoms. The van der Waals surface area contributed by atoms with Crippen molar-refractivity contribution in [3.8, 4) is 5.75 Å². The van der Waals surface area contributed by atoms with Crippen molar-refractivity contribution in [1.29, 1.82) is 0 Å². The molecule has 4 heteroatoms. The molecular weight excluding hydrogens is 252 g/mol. The van der Waals surface area contributed by atoms with E-state index in [-0.39, 0.29) is 6.04 Å². The molecule has 1 aliphatic rings. The first-order valence-electron chi connectivity index (χ1n) is 7.18. The van der Waals surface area contributed by atoms with Crippen molar-refractivity contribution in [2.24, 2.45) is 5.73 Å². The zero-order valence-corrected chi connectivity index (χ0v) is 11.8. The van der Waals surface area contributed by atoms with Crippen molar-refractivity contribution < 1.29 is 9.84 Å². The number of nitrogens with one attached hydrogen (secondary N) is 1. The summed E-state index contributed by atoms with van der Waals surface area (Å²) in [6, 6.07) is 8.04. The van der Waals surface area contributed by atoms with Gasteiger partial charge < -0.3 is 20.9 Å². The first-order chi connectivity index (χ1) is 9.69. The number of allylic oxidation sites excluding steroid dienone is 1. The van der Waals surface area contributed by atoms with Crippen molar-refractivity contribution in [3.05, 3.63) is 42.5 Å². The van der Waals surface area contributed by atoms with Crippen molar-refractivity contribution in [3.63, 3.8) is 0 Å². The molecule has 1 aromatic carbocycles. The highest BCUT2D eigenvalue weighted by Gasteiger charge is 2.23. The van der Waals surface area contributed by atoms with Crippen LogP contribution in [-0.4, -0.2) is 36.4 Å². The van der Waals surface area contributed by atoms with Gasteiger partial charge in [-0.1, -0.05) is 18.2 Å². The molecule has 1 aliphatic carbocycles. The van der Waals surface area contributed by atoms with Crippen LogP contribution in [0.2, 0.25) is 0 Å². The third kappa shape index (κ3) is 4.96. The fourth-order valence-corrected chi connectivity index (χ4v) is 1.96. The van der Waals surface area contributed by atoms with Crippen LogP contribution in [0.4, 0.5) is 0 Å². The van der Waals surface area contributed by atoms with Crippen molar-refractivity contribution >= 4 is 0 Å². The van der Waals surface area contributed by atoms with Gasteiger partial charge in [-0.2, -0.15) is 0 Å².